The predicted octanol–water partition coefficient (Wildman–Crippen LogP) is 11.1. The molecule has 0 spiro atoms. The van der Waals surface area contributed by atoms with Crippen LogP contribution in [0.5, 0.6) is 0 Å². The molecule has 0 bridgehead atoms. The molecule has 2 nitrogen and oxygen atoms in total. The van der Waals surface area contributed by atoms with Crippen LogP contribution in [-0.2, 0) is 0 Å². The van der Waals surface area contributed by atoms with E-state index < -0.39 is 0 Å². The number of para-hydroxylation sites is 2. The third kappa shape index (κ3) is 4.91. The number of nitrogens with one attached hydrogen (secondary N) is 1. The number of anilines is 1. The van der Waals surface area contributed by atoms with Crippen molar-refractivity contribution in [2.75, 3.05) is 5.32 Å². The lowest BCUT2D eigenvalue weighted by Crippen LogP contribution is -2.26. The van der Waals surface area contributed by atoms with Crippen LogP contribution in [0, 0.1) is 0 Å². The van der Waals surface area contributed by atoms with E-state index in [1.807, 2.05) is 12.1 Å². The molecule has 1 aliphatic rings. The first-order chi connectivity index (χ1) is 21.8. The van der Waals surface area contributed by atoms with E-state index in [-0.39, 0.29) is 12.0 Å². The lowest BCUT2D eigenvalue weighted by atomic mass is 9.83. The maximum atomic E-state index is 6.34. The molecule has 7 aromatic rings. The molecule has 0 fully saturated rings. The van der Waals surface area contributed by atoms with Crippen LogP contribution in [0.25, 0.3) is 49.8 Å². The van der Waals surface area contributed by atoms with Gasteiger partial charge in [-0.2, -0.15) is 0 Å². The Morgan fingerprint density at radius 3 is 1.91 bits per heavy atom. The Morgan fingerprint density at radius 2 is 1.14 bits per heavy atom. The molecule has 8 rings (SSSR count). The van der Waals surface area contributed by atoms with Gasteiger partial charge in [0.2, 0.25) is 0 Å². The molecular formula is C42H31NO. The lowest BCUT2D eigenvalue weighted by Gasteiger charge is -2.29. The van der Waals surface area contributed by atoms with Gasteiger partial charge in [-0.25, -0.2) is 0 Å². The molecule has 0 saturated carbocycles. The summed E-state index contributed by atoms with van der Waals surface area (Å²) in [5, 5.41) is 6.12. The van der Waals surface area contributed by atoms with Gasteiger partial charge in [0.05, 0.1) is 6.04 Å². The summed E-state index contributed by atoms with van der Waals surface area (Å²) < 4.78 is 6.34. The predicted molar refractivity (Wildman–Crippen MR) is 185 cm³/mol. The van der Waals surface area contributed by atoms with E-state index in [1.54, 1.807) is 0 Å². The molecule has 0 aliphatic heterocycles. The molecule has 210 valence electrons. The van der Waals surface area contributed by atoms with E-state index in [0.717, 1.165) is 38.8 Å². The Balaban J connectivity index is 1.13. The van der Waals surface area contributed by atoms with Crippen LogP contribution >= 0.6 is 0 Å². The highest BCUT2D eigenvalue weighted by Gasteiger charge is 2.24. The summed E-state index contributed by atoms with van der Waals surface area (Å²) in [5.41, 5.74) is 11.4. The molecule has 1 heterocycles. The third-order valence-electron chi connectivity index (χ3n) is 8.67. The van der Waals surface area contributed by atoms with Crippen molar-refractivity contribution < 1.29 is 4.42 Å². The molecule has 2 heteroatoms. The Hall–Kier alpha value is -5.60. The first-order valence-corrected chi connectivity index (χ1v) is 15.2. The van der Waals surface area contributed by atoms with Gasteiger partial charge >= 0.3 is 0 Å². The minimum Gasteiger partial charge on any atom is -0.455 e. The van der Waals surface area contributed by atoms with Crippen molar-refractivity contribution in [3.05, 3.63) is 181 Å². The largest absolute Gasteiger partial charge is 0.455 e. The van der Waals surface area contributed by atoms with Crippen LogP contribution in [0.1, 0.15) is 17.0 Å². The van der Waals surface area contributed by atoms with Gasteiger partial charge in [-0.3, -0.25) is 0 Å². The van der Waals surface area contributed by atoms with E-state index in [4.69, 9.17) is 4.42 Å². The van der Waals surface area contributed by atoms with Gasteiger partial charge in [-0.15, -0.1) is 0 Å². The first kappa shape index (κ1) is 26.1. The molecule has 6 aromatic carbocycles. The van der Waals surface area contributed by atoms with Crippen molar-refractivity contribution in [3.8, 4) is 22.3 Å². The highest BCUT2D eigenvalue weighted by molar-refractivity contribution is 6.09. The summed E-state index contributed by atoms with van der Waals surface area (Å²) in [4.78, 5) is 0. The van der Waals surface area contributed by atoms with E-state index >= 15 is 0 Å². The average Bonchev–Trinajstić information content (AvgIpc) is 3.49. The zero-order valence-electron chi connectivity index (χ0n) is 24.2. The zero-order chi connectivity index (χ0) is 29.3. The van der Waals surface area contributed by atoms with Crippen LogP contribution in [0.4, 0.5) is 5.69 Å². The van der Waals surface area contributed by atoms with Crippen LogP contribution in [-0.4, -0.2) is 6.04 Å². The van der Waals surface area contributed by atoms with Gasteiger partial charge in [0.15, 0.2) is 0 Å². The Bertz CT molecular complexity index is 2120. The fourth-order valence-electron chi connectivity index (χ4n) is 6.39. The maximum Gasteiger partial charge on any atom is 0.143 e. The van der Waals surface area contributed by atoms with Gasteiger partial charge in [0, 0.05) is 27.9 Å². The number of benzene rings is 6. The second-order valence-electron chi connectivity index (χ2n) is 11.4. The minimum atomic E-state index is 0.106. The quantitative estimate of drug-likeness (QED) is 0.217. The van der Waals surface area contributed by atoms with Gasteiger partial charge < -0.3 is 9.73 Å². The monoisotopic (exact) mass is 565 g/mol. The van der Waals surface area contributed by atoms with Gasteiger partial charge in [-0.05, 0) is 51.6 Å². The van der Waals surface area contributed by atoms with Gasteiger partial charge in [0.25, 0.3) is 0 Å². The highest BCUT2D eigenvalue weighted by atomic mass is 16.3. The third-order valence-corrected chi connectivity index (χ3v) is 8.67. The number of hydrogen-bond donors (Lipinski definition) is 1. The van der Waals surface area contributed by atoms with Crippen LogP contribution in [0.15, 0.2) is 174 Å². The molecule has 2 atom stereocenters. The second kappa shape index (κ2) is 11.2. The summed E-state index contributed by atoms with van der Waals surface area (Å²) in [7, 11) is 0. The molecule has 0 amide bonds. The maximum absolute atomic E-state index is 6.34. The number of allylic oxidation sites excluding steroid dienone is 2. The molecule has 44 heavy (non-hydrogen) atoms. The molecule has 1 aromatic heterocycles. The van der Waals surface area contributed by atoms with E-state index in [9.17, 15) is 0 Å². The summed E-state index contributed by atoms with van der Waals surface area (Å²) >= 11 is 0. The lowest BCUT2D eigenvalue weighted by molar-refractivity contribution is 0.670. The Morgan fingerprint density at radius 1 is 0.500 bits per heavy atom. The number of fused-ring (bicyclic) bond motifs is 3. The second-order valence-corrected chi connectivity index (χ2v) is 11.4. The number of rotatable bonds is 6. The molecule has 2 unspecified atom stereocenters. The molecular weight excluding hydrogens is 534 g/mol. The van der Waals surface area contributed by atoms with Crippen molar-refractivity contribution in [1.29, 1.82) is 0 Å². The first-order valence-electron chi connectivity index (χ1n) is 15.2. The zero-order valence-corrected chi connectivity index (χ0v) is 24.2. The van der Waals surface area contributed by atoms with Crippen molar-refractivity contribution in [1.82, 2.24) is 0 Å². The highest BCUT2D eigenvalue weighted by Crippen LogP contribution is 2.38. The molecule has 1 aliphatic carbocycles. The molecule has 0 radical (unpaired) electrons. The normalized spacial score (nSPS) is 16.2. The van der Waals surface area contributed by atoms with E-state index in [1.165, 1.54) is 27.8 Å². The molecule has 1 N–H and O–H groups in total. The fourth-order valence-corrected chi connectivity index (χ4v) is 6.39. The van der Waals surface area contributed by atoms with Crippen LogP contribution < -0.4 is 5.32 Å². The van der Waals surface area contributed by atoms with Crippen molar-refractivity contribution >= 4 is 33.2 Å². The summed E-state index contributed by atoms with van der Waals surface area (Å²) in [6, 6.07) is 53.7. The minimum absolute atomic E-state index is 0.106. The number of furan rings is 1. The smallest absolute Gasteiger partial charge is 0.143 e. The summed E-state index contributed by atoms with van der Waals surface area (Å²) in [5.74, 6) is 0.153. The van der Waals surface area contributed by atoms with Crippen LogP contribution in [0.3, 0.4) is 0 Å². The summed E-state index contributed by atoms with van der Waals surface area (Å²) in [6.45, 7) is 0. The van der Waals surface area contributed by atoms with Gasteiger partial charge in [0.1, 0.15) is 11.2 Å². The average molecular weight is 566 g/mol. The summed E-state index contributed by atoms with van der Waals surface area (Å²) in [6.07, 6.45) is 6.96. The molecule has 0 saturated heterocycles. The standard InChI is InChI=1S/C42H31NO/c1-3-10-29(11-4-1)31-22-25-35(26-23-31)43-40-27-24-34(30-12-5-2-6-13-30)28-39(40)33-20-18-32(19-21-33)36-15-9-16-38-37-14-7-8-17-41(37)44-42(36)38/h1-28,39-40,43H. The number of hydrogen-bond acceptors (Lipinski definition) is 2. The topological polar surface area (TPSA) is 25.2 Å². The Kier molecular flexibility index (Phi) is 6.66. The van der Waals surface area contributed by atoms with Crippen molar-refractivity contribution in [2.45, 2.75) is 12.0 Å². The SMILES string of the molecule is C1=CC(Nc2ccc(-c3ccccc3)cc2)C(c2ccc(-c3cccc4c3oc3ccccc34)cc2)C=C1c1ccccc1. The van der Waals surface area contributed by atoms with Crippen LogP contribution in [0.2, 0.25) is 0 Å². The van der Waals surface area contributed by atoms with E-state index in [0.29, 0.717) is 0 Å². The van der Waals surface area contributed by atoms with Crippen molar-refractivity contribution in [2.24, 2.45) is 0 Å². The van der Waals surface area contributed by atoms with E-state index in [2.05, 4.69) is 163 Å². The van der Waals surface area contributed by atoms with Gasteiger partial charge in [-0.1, -0.05) is 152 Å². The van der Waals surface area contributed by atoms with Crippen molar-refractivity contribution in [3.63, 3.8) is 0 Å². The Labute approximate surface area is 257 Å². The fraction of sp³-hybridized carbons (Fsp3) is 0.0476.